The Labute approximate surface area is 191 Å². The van der Waals surface area contributed by atoms with Crippen molar-refractivity contribution in [1.82, 2.24) is 19.3 Å². The van der Waals surface area contributed by atoms with Crippen molar-refractivity contribution >= 4 is 21.8 Å². The molecule has 0 aliphatic carbocycles. The number of carbonyl (C=O) groups is 2. The van der Waals surface area contributed by atoms with E-state index in [1.54, 1.807) is 13.8 Å². The second-order valence-electron chi connectivity index (χ2n) is 8.92. The largest absolute Gasteiger partial charge is 0.360 e. The Bertz CT molecular complexity index is 889. The van der Waals surface area contributed by atoms with Crippen LogP contribution in [0.5, 0.6) is 0 Å². The highest BCUT2D eigenvalue weighted by Gasteiger charge is 2.35. The number of aromatic nitrogens is 1. The van der Waals surface area contributed by atoms with Crippen molar-refractivity contribution < 1.29 is 22.5 Å². The molecule has 0 N–H and O–H groups in total. The van der Waals surface area contributed by atoms with Gasteiger partial charge in [0, 0.05) is 51.6 Å². The van der Waals surface area contributed by atoms with Gasteiger partial charge in [0.25, 0.3) is 0 Å². The number of rotatable bonds is 7. The van der Waals surface area contributed by atoms with Gasteiger partial charge in [0.15, 0.2) is 5.76 Å². The zero-order valence-corrected chi connectivity index (χ0v) is 20.5. The number of hydrogen-bond donors (Lipinski definition) is 0. The van der Waals surface area contributed by atoms with E-state index in [1.165, 1.54) is 4.31 Å². The molecule has 2 aliphatic rings. The minimum Gasteiger partial charge on any atom is -0.360 e. The van der Waals surface area contributed by atoms with Crippen molar-refractivity contribution in [2.75, 3.05) is 39.3 Å². The van der Waals surface area contributed by atoms with Crippen molar-refractivity contribution in [3.63, 3.8) is 0 Å². The topological polar surface area (TPSA) is 104 Å². The molecule has 2 amide bonds. The van der Waals surface area contributed by atoms with E-state index < -0.39 is 10.0 Å². The van der Waals surface area contributed by atoms with Crippen LogP contribution in [0.25, 0.3) is 0 Å². The second kappa shape index (κ2) is 10.3. The lowest BCUT2D eigenvalue weighted by Crippen LogP contribution is -2.52. The number of hydrogen-bond acceptors (Lipinski definition) is 6. The molecule has 0 atom stereocenters. The van der Waals surface area contributed by atoms with E-state index >= 15 is 0 Å². The molecule has 0 radical (unpaired) electrons. The van der Waals surface area contributed by atoms with Gasteiger partial charge in [0.05, 0.1) is 0 Å². The molecule has 2 fully saturated rings. The Morgan fingerprint density at radius 2 is 1.56 bits per heavy atom. The van der Waals surface area contributed by atoms with E-state index in [0.29, 0.717) is 70.0 Å². The third-order valence-corrected chi connectivity index (χ3v) is 9.03. The van der Waals surface area contributed by atoms with Gasteiger partial charge < -0.3 is 14.3 Å². The summed E-state index contributed by atoms with van der Waals surface area (Å²) in [6, 6.07) is 0. The van der Waals surface area contributed by atoms with Crippen molar-refractivity contribution in [2.45, 2.75) is 64.7 Å². The third kappa shape index (κ3) is 5.17. The summed E-state index contributed by atoms with van der Waals surface area (Å²) in [5.74, 6) is 0.856. The molecule has 3 heterocycles. The predicted molar refractivity (Wildman–Crippen MR) is 119 cm³/mol. The van der Waals surface area contributed by atoms with E-state index in [4.69, 9.17) is 4.52 Å². The molecule has 0 saturated carbocycles. The fourth-order valence-corrected chi connectivity index (χ4v) is 6.53. The lowest BCUT2D eigenvalue weighted by atomic mass is 9.94. The number of piperazine rings is 1. The standard InChI is InChI=1S/C22H36N4O5S/c1-5-19(6-2)22(28)25-13-11-24(12-14-25)20(27)15-18-7-9-26(10-8-18)32(29,30)21-16(3)23-31-17(21)4/h18-19H,5-15H2,1-4H3. The predicted octanol–water partition coefficient (Wildman–Crippen LogP) is 2.19. The summed E-state index contributed by atoms with van der Waals surface area (Å²) in [5, 5.41) is 3.76. The number of aryl methyl sites for hydroxylation is 2. The average molecular weight is 469 g/mol. The van der Waals surface area contributed by atoms with Crippen molar-refractivity contribution in [3.8, 4) is 0 Å². The van der Waals surface area contributed by atoms with Crippen LogP contribution < -0.4 is 0 Å². The highest BCUT2D eigenvalue weighted by Crippen LogP contribution is 2.29. The number of sulfonamides is 1. The normalized spacial score (nSPS) is 19.0. The lowest BCUT2D eigenvalue weighted by Gasteiger charge is -2.37. The summed E-state index contributed by atoms with van der Waals surface area (Å²) in [6.45, 7) is 10.4. The van der Waals surface area contributed by atoms with Crippen molar-refractivity contribution in [1.29, 1.82) is 0 Å². The Hall–Kier alpha value is -1.94. The summed E-state index contributed by atoms with van der Waals surface area (Å²) >= 11 is 0. The maximum absolute atomic E-state index is 13.0. The zero-order valence-electron chi connectivity index (χ0n) is 19.7. The molecule has 1 aromatic heterocycles. The van der Waals surface area contributed by atoms with Gasteiger partial charge in [0.1, 0.15) is 10.6 Å². The third-order valence-electron chi connectivity index (χ3n) is 6.88. The molecular formula is C22H36N4O5S. The lowest BCUT2D eigenvalue weighted by molar-refractivity contribution is -0.142. The number of amides is 2. The SMILES string of the molecule is CCC(CC)C(=O)N1CCN(C(=O)CC2CCN(S(=O)(=O)c3c(C)noc3C)CC2)CC1. The summed E-state index contributed by atoms with van der Waals surface area (Å²) in [6.07, 6.45) is 3.43. The Morgan fingerprint density at radius 1 is 1.00 bits per heavy atom. The Kier molecular flexibility index (Phi) is 7.97. The zero-order chi connectivity index (χ0) is 23.5. The van der Waals surface area contributed by atoms with Crippen LogP contribution in [0.4, 0.5) is 0 Å². The molecule has 1 aromatic rings. The molecule has 9 nitrogen and oxygen atoms in total. The number of nitrogens with zero attached hydrogens (tertiary/aromatic N) is 4. The molecule has 3 rings (SSSR count). The summed E-state index contributed by atoms with van der Waals surface area (Å²) < 4.78 is 32.4. The second-order valence-corrected chi connectivity index (χ2v) is 10.8. The van der Waals surface area contributed by atoms with Gasteiger partial charge in [-0.2, -0.15) is 4.31 Å². The van der Waals surface area contributed by atoms with E-state index in [9.17, 15) is 18.0 Å². The van der Waals surface area contributed by atoms with E-state index in [-0.39, 0.29) is 28.5 Å². The molecule has 2 saturated heterocycles. The Balaban J connectivity index is 1.48. The highest BCUT2D eigenvalue weighted by molar-refractivity contribution is 7.89. The van der Waals surface area contributed by atoms with Gasteiger partial charge in [-0.3, -0.25) is 9.59 Å². The maximum Gasteiger partial charge on any atom is 0.248 e. The van der Waals surface area contributed by atoms with Crippen LogP contribution in [0.15, 0.2) is 9.42 Å². The van der Waals surface area contributed by atoms with Crippen molar-refractivity contribution in [2.24, 2.45) is 11.8 Å². The molecular weight excluding hydrogens is 432 g/mol. The van der Waals surface area contributed by atoms with Crippen LogP contribution in [-0.4, -0.2) is 78.8 Å². The molecule has 2 aliphatic heterocycles. The van der Waals surface area contributed by atoms with Gasteiger partial charge in [-0.25, -0.2) is 8.42 Å². The van der Waals surface area contributed by atoms with Gasteiger partial charge in [-0.1, -0.05) is 19.0 Å². The molecule has 10 heteroatoms. The molecule has 32 heavy (non-hydrogen) atoms. The molecule has 0 spiro atoms. The number of piperidine rings is 1. The van der Waals surface area contributed by atoms with Crippen LogP contribution in [0, 0.1) is 25.7 Å². The van der Waals surface area contributed by atoms with Gasteiger partial charge in [-0.15, -0.1) is 0 Å². The summed E-state index contributed by atoms with van der Waals surface area (Å²) in [4.78, 5) is 29.3. The molecule has 0 aromatic carbocycles. The monoisotopic (exact) mass is 468 g/mol. The summed E-state index contributed by atoms with van der Waals surface area (Å²) in [7, 11) is -3.63. The first-order chi connectivity index (χ1) is 15.2. The fraction of sp³-hybridized carbons (Fsp3) is 0.773. The van der Waals surface area contributed by atoms with Crippen LogP contribution in [0.1, 0.15) is 57.4 Å². The van der Waals surface area contributed by atoms with Crippen LogP contribution >= 0.6 is 0 Å². The van der Waals surface area contributed by atoms with Crippen LogP contribution in [0.2, 0.25) is 0 Å². The minimum atomic E-state index is -3.63. The van der Waals surface area contributed by atoms with Crippen LogP contribution in [-0.2, 0) is 19.6 Å². The van der Waals surface area contributed by atoms with Crippen molar-refractivity contribution in [3.05, 3.63) is 11.5 Å². The first-order valence-corrected chi connectivity index (χ1v) is 13.1. The molecule has 0 bridgehead atoms. The van der Waals surface area contributed by atoms with Gasteiger partial charge in [0.2, 0.25) is 21.8 Å². The maximum atomic E-state index is 13.0. The highest BCUT2D eigenvalue weighted by atomic mass is 32.2. The first-order valence-electron chi connectivity index (χ1n) is 11.7. The van der Waals surface area contributed by atoms with E-state index in [2.05, 4.69) is 5.16 Å². The molecule has 180 valence electrons. The average Bonchev–Trinajstić information content (AvgIpc) is 3.13. The minimum absolute atomic E-state index is 0.0733. The summed E-state index contributed by atoms with van der Waals surface area (Å²) in [5.41, 5.74) is 0.376. The van der Waals surface area contributed by atoms with E-state index in [0.717, 1.165) is 12.8 Å². The first kappa shape index (κ1) is 24.7. The smallest absolute Gasteiger partial charge is 0.248 e. The number of carbonyl (C=O) groups excluding carboxylic acids is 2. The Morgan fingerprint density at radius 3 is 2.06 bits per heavy atom. The quantitative estimate of drug-likeness (QED) is 0.608. The molecule has 0 unspecified atom stereocenters. The van der Waals surface area contributed by atoms with Crippen LogP contribution in [0.3, 0.4) is 0 Å². The van der Waals surface area contributed by atoms with Gasteiger partial charge in [-0.05, 0) is 45.4 Å². The fourth-order valence-electron chi connectivity index (χ4n) is 4.77. The van der Waals surface area contributed by atoms with E-state index in [1.807, 2.05) is 23.6 Å². The van der Waals surface area contributed by atoms with Gasteiger partial charge >= 0.3 is 0 Å².